The lowest BCUT2D eigenvalue weighted by Gasteiger charge is -2.41. The normalized spacial score (nSPS) is 25.0. The largest absolute Gasteiger partial charge is 0.493 e. The van der Waals surface area contributed by atoms with E-state index < -0.39 is 0 Å². The molecule has 1 heterocycles. The number of fused-ring (bicyclic) bond motifs is 3. The number of benzene rings is 2. The Hall–Kier alpha value is -1.52. The fourth-order valence-corrected chi connectivity index (χ4v) is 4.67. The number of ether oxygens (including phenoxy) is 3. The molecule has 3 atom stereocenters. The Labute approximate surface area is 157 Å². The lowest BCUT2D eigenvalue weighted by molar-refractivity contribution is -0.0391. The highest BCUT2D eigenvalue weighted by Gasteiger charge is 2.38. The van der Waals surface area contributed by atoms with Crippen LogP contribution in [0.1, 0.15) is 54.4 Å². The molecule has 4 rings (SSSR count). The van der Waals surface area contributed by atoms with Crippen molar-refractivity contribution in [3.05, 3.63) is 57.6 Å². The standard InChI is InChI=1S/C21H23BrO3/c1-23-19-11-16-15-8-3-4-9-18(15)25-21(17(16)12-20(19)24-2)13-6-5-7-14(22)10-13/h5-7,10-12,15,18,21H,3-4,8-9H2,1-2H3/t15-,18+,21+/m0/s1. The number of methoxy groups -OCH3 is 2. The summed E-state index contributed by atoms with van der Waals surface area (Å²) < 4.78 is 18.8. The van der Waals surface area contributed by atoms with E-state index in [0.717, 1.165) is 22.4 Å². The average molecular weight is 403 g/mol. The first-order chi connectivity index (χ1) is 12.2. The van der Waals surface area contributed by atoms with Gasteiger partial charge in [-0.1, -0.05) is 40.9 Å². The van der Waals surface area contributed by atoms with Crippen LogP contribution in [-0.2, 0) is 4.74 Å². The zero-order chi connectivity index (χ0) is 17.4. The van der Waals surface area contributed by atoms with Crippen LogP contribution in [-0.4, -0.2) is 20.3 Å². The molecule has 3 nitrogen and oxygen atoms in total. The number of halogens is 1. The van der Waals surface area contributed by atoms with Gasteiger partial charge in [0.1, 0.15) is 6.10 Å². The maximum atomic E-state index is 6.61. The van der Waals surface area contributed by atoms with Crippen molar-refractivity contribution >= 4 is 15.9 Å². The Balaban J connectivity index is 1.87. The Morgan fingerprint density at radius 1 is 0.960 bits per heavy atom. The molecule has 1 aliphatic heterocycles. The monoisotopic (exact) mass is 402 g/mol. The van der Waals surface area contributed by atoms with Gasteiger partial charge < -0.3 is 14.2 Å². The molecule has 2 aromatic rings. The van der Waals surface area contributed by atoms with E-state index in [1.807, 2.05) is 6.07 Å². The van der Waals surface area contributed by atoms with Crippen LogP contribution in [0, 0.1) is 0 Å². The van der Waals surface area contributed by atoms with E-state index in [-0.39, 0.29) is 12.2 Å². The Morgan fingerprint density at radius 2 is 1.68 bits per heavy atom. The lowest BCUT2D eigenvalue weighted by atomic mass is 9.76. The molecule has 1 fully saturated rings. The molecule has 1 aliphatic carbocycles. The zero-order valence-electron chi connectivity index (χ0n) is 14.6. The van der Waals surface area contributed by atoms with E-state index in [9.17, 15) is 0 Å². The van der Waals surface area contributed by atoms with E-state index in [2.05, 4.69) is 46.3 Å². The molecule has 0 N–H and O–H groups in total. The van der Waals surface area contributed by atoms with Crippen LogP contribution in [0.5, 0.6) is 11.5 Å². The van der Waals surface area contributed by atoms with E-state index in [1.165, 1.54) is 36.0 Å². The molecule has 0 radical (unpaired) electrons. The highest BCUT2D eigenvalue weighted by molar-refractivity contribution is 9.10. The SMILES string of the molecule is COc1cc2c(cc1OC)[C@@H]1CCCC[C@H]1O[C@@H]2c1cccc(Br)c1. The highest BCUT2D eigenvalue weighted by Crippen LogP contribution is 2.49. The van der Waals surface area contributed by atoms with Crippen molar-refractivity contribution in [3.63, 3.8) is 0 Å². The van der Waals surface area contributed by atoms with Crippen molar-refractivity contribution in [2.45, 2.75) is 43.8 Å². The van der Waals surface area contributed by atoms with Gasteiger partial charge in [0.2, 0.25) is 0 Å². The lowest BCUT2D eigenvalue weighted by Crippen LogP contribution is -2.33. The van der Waals surface area contributed by atoms with Gasteiger partial charge in [0.15, 0.2) is 11.5 Å². The third-order valence-corrected chi connectivity index (χ3v) is 5.93. The molecule has 0 amide bonds. The first kappa shape index (κ1) is 16.9. The summed E-state index contributed by atoms with van der Waals surface area (Å²) in [5, 5.41) is 0. The van der Waals surface area contributed by atoms with Crippen molar-refractivity contribution in [3.8, 4) is 11.5 Å². The predicted octanol–water partition coefficient (Wildman–Crippen LogP) is 5.61. The number of rotatable bonds is 3. The van der Waals surface area contributed by atoms with Crippen molar-refractivity contribution in [2.75, 3.05) is 14.2 Å². The van der Waals surface area contributed by atoms with E-state index >= 15 is 0 Å². The number of hydrogen-bond acceptors (Lipinski definition) is 3. The summed E-state index contributed by atoms with van der Waals surface area (Å²) in [4.78, 5) is 0. The topological polar surface area (TPSA) is 27.7 Å². The Bertz CT molecular complexity index is 774. The summed E-state index contributed by atoms with van der Waals surface area (Å²) in [6, 6.07) is 12.7. The summed E-state index contributed by atoms with van der Waals surface area (Å²) in [7, 11) is 3.39. The van der Waals surface area contributed by atoms with Crippen molar-refractivity contribution in [2.24, 2.45) is 0 Å². The van der Waals surface area contributed by atoms with E-state index in [4.69, 9.17) is 14.2 Å². The minimum absolute atomic E-state index is 0.0633. The Morgan fingerprint density at radius 3 is 2.40 bits per heavy atom. The first-order valence-corrected chi connectivity index (χ1v) is 9.67. The molecule has 0 unspecified atom stereocenters. The van der Waals surface area contributed by atoms with Gasteiger partial charge in [-0.25, -0.2) is 0 Å². The minimum atomic E-state index is -0.0633. The second-order valence-corrected chi connectivity index (χ2v) is 7.75. The second kappa shape index (κ2) is 7.00. The van der Waals surface area contributed by atoms with Crippen LogP contribution < -0.4 is 9.47 Å². The van der Waals surface area contributed by atoms with Gasteiger partial charge in [0.05, 0.1) is 20.3 Å². The molecule has 25 heavy (non-hydrogen) atoms. The molecular weight excluding hydrogens is 380 g/mol. The maximum absolute atomic E-state index is 6.61. The molecular formula is C21H23BrO3. The van der Waals surface area contributed by atoms with E-state index in [1.54, 1.807) is 14.2 Å². The van der Waals surface area contributed by atoms with Crippen molar-refractivity contribution in [1.82, 2.24) is 0 Å². The third kappa shape index (κ3) is 3.06. The van der Waals surface area contributed by atoms with Gasteiger partial charge in [-0.2, -0.15) is 0 Å². The molecule has 2 aromatic carbocycles. The zero-order valence-corrected chi connectivity index (χ0v) is 16.2. The fraction of sp³-hybridized carbons (Fsp3) is 0.429. The molecule has 0 saturated heterocycles. The maximum Gasteiger partial charge on any atom is 0.161 e. The minimum Gasteiger partial charge on any atom is -0.493 e. The molecule has 132 valence electrons. The van der Waals surface area contributed by atoms with Crippen LogP contribution in [0.15, 0.2) is 40.9 Å². The van der Waals surface area contributed by atoms with Crippen molar-refractivity contribution < 1.29 is 14.2 Å². The summed E-state index contributed by atoms with van der Waals surface area (Å²) in [6.45, 7) is 0. The Kier molecular flexibility index (Phi) is 4.74. The van der Waals surface area contributed by atoms with Gasteiger partial charge in [-0.3, -0.25) is 0 Å². The van der Waals surface area contributed by atoms with Crippen LogP contribution in [0.25, 0.3) is 0 Å². The summed E-state index contributed by atoms with van der Waals surface area (Å²) in [5.41, 5.74) is 3.74. The van der Waals surface area contributed by atoms with Crippen LogP contribution in [0.2, 0.25) is 0 Å². The first-order valence-electron chi connectivity index (χ1n) is 8.88. The van der Waals surface area contributed by atoms with Gasteiger partial charge >= 0.3 is 0 Å². The van der Waals surface area contributed by atoms with Crippen LogP contribution >= 0.6 is 15.9 Å². The van der Waals surface area contributed by atoms with Gasteiger partial charge in [-0.05, 0) is 53.8 Å². The summed E-state index contributed by atoms with van der Waals surface area (Å²) in [5.74, 6) is 2.02. The second-order valence-electron chi connectivity index (χ2n) is 6.84. The molecule has 4 heteroatoms. The summed E-state index contributed by atoms with van der Waals surface area (Å²) >= 11 is 3.59. The smallest absolute Gasteiger partial charge is 0.161 e. The van der Waals surface area contributed by atoms with E-state index in [0.29, 0.717) is 5.92 Å². The molecule has 0 aromatic heterocycles. The van der Waals surface area contributed by atoms with Gasteiger partial charge in [0.25, 0.3) is 0 Å². The van der Waals surface area contributed by atoms with Gasteiger partial charge in [0, 0.05) is 10.4 Å². The average Bonchev–Trinajstić information content (AvgIpc) is 2.66. The third-order valence-electron chi connectivity index (χ3n) is 5.44. The van der Waals surface area contributed by atoms with Crippen LogP contribution in [0.3, 0.4) is 0 Å². The predicted molar refractivity (Wildman–Crippen MR) is 102 cm³/mol. The quantitative estimate of drug-likeness (QED) is 0.667. The highest BCUT2D eigenvalue weighted by atomic mass is 79.9. The molecule has 0 spiro atoms. The van der Waals surface area contributed by atoms with Crippen LogP contribution in [0.4, 0.5) is 0 Å². The number of hydrogen-bond donors (Lipinski definition) is 0. The molecule has 0 bridgehead atoms. The molecule has 2 aliphatic rings. The molecule has 1 saturated carbocycles. The van der Waals surface area contributed by atoms with Gasteiger partial charge in [-0.15, -0.1) is 0 Å². The van der Waals surface area contributed by atoms with Crippen molar-refractivity contribution in [1.29, 1.82) is 0 Å². The fourth-order valence-electron chi connectivity index (χ4n) is 4.25. The summed E-state index contributed by atoms with van der Waals surface area (Å²) in [6.07, 6.45) is 5.03.